The Morgan fingerprint density at radius 1 is 0.967 bits per heavy atom. The standard InChI is InChI=1S/C21H19ClN4O3S/c1-14-12-15(2)24-21(23-14)26-30(28,29)18-10-8-17(9-11-18)25-20(27)19(22)13-16-6-4-3-5-7-16/h3-13H,1-2H3,(H,25,27)(H,23,24,26)/b19-13-. The Morgan fingerprint density at radius 3 is 2.17 bits per heavy atom. The van der Waals surface area contributed by atoms with Gasteiger partial charge in [0.05, 0.1) is 4.90 Å². The molecule has 1 heterocycles. The van der Waals surface area contributed by atoms with Crippen LogP contribution in [0.25, 0.3) is 6.08 Å². The third kappa shape index (κ3) is 5.65. The highest BCUT2D eigenvalue weighted by atomic mass is 35.5. The predicted octanol–water partition coefficient (Wildman–Crippen LogP) is 4.11. The van der Waals surface area contributed by atoms with Gasteiger partial charge in [-0.05, 0) is 55.8 Å². The summed E-state index contributed by atoms with van der Waals surface area (Å²) in [7, 11) is -3.87. The van der Waals surface area contributed by atoms with E-state index in [9.17, 15) is 13.2 Å². The molecule has 0 saturated heterocycles. The highest BCUT2D eigenvalue weighted by molar-refractivity contribution is 7.92. The number of rotatable bonds is 6. The van der Waals surface area contributed by atoms with Crippen molar-refractivity contribution in [1.29, 1.82) is 0 Å². The van der Waals surface area contributed by atoms with Crippen LogP contribution in [0.15, 0.2) is 70.6 Å². The van der Waals surface area contributed by atoms with Gasteiger partial charge >= 0.3 is 0 Å². The number of anilines is 2. The Labute approximate surface area is 179 Å². The number of carbonyl (C=O) groups is 1. The predicted molar refractivity (Wildman–Crippen MR) is 118 cm³/mol. The minimum Gasteiger partial charge on any atom is -0.321 e. The van der Waals surface area contributed by atoms with Crippen LogP contribution in [-0.4, -0.2) is 24.3 Å². The lowest BCUT2D eigenvalue weighted by Gasteiger charge is -2.09. The van der Waals surface area contributed by atoms with Crippen molar-refractivity contribution in [2.24, 2.45) is 0 Å². The summed E-state index contributed by atoms with van der Waals surface area (Å²) in [5.74, 6) is -0.499. The van der Waals surface area contributed by atoms with Crippen LogP contribution >= 0.6 is 11.6 Å². The third-order valence-electron chi connectivity index (χ3n) is 3.94. The Balaban J connectivity index is 1.71. The summed E-state index contributed by atoms with van der Waals surface area (Å²) in [6, 6.07) is 16.6. The number of nitrogens with zero attached hydrogens (tertiary/aromatic N) is 2. The number of aryl methyl sites for hydroxylation is 2. The van der Waals surface area contributed by atoms with Gasteiger partial charge in [-0.15, -0.1) is 0 Å². The first-order valence-corrected chi connectivity index (χ1v) is 10.8. The molecule has 0 spiro atoms. The molecule has 154 valence electrons. The summed E-state index contributed by atoms with van der Waals surface area (Å²) < 4.78 is 27.5. The number of hydrogen-bond donors (Lipinski definition) is 2. The monoisotopic (exact) mass is 442 g/mol. The SMILES string of the molecule is Cc1cc(C)nc(NS(=O)(=O)c2ccc(NC(=O)/C(Cl)=C/c3ccccc3)cc2)n1. The molecular formula is C21H19ClN4O3S. The fourth-order valence-electron chi connectivity index (χ4n) is 2.62. The number of hydrogen-bond acceptors (Lipinski definition) is 5. The molecule has 9 heteroatoms. The van der Waals surface area contributed by atoms with Crippen LogP contribution in [0.4, 0.5) is 11.6 Å². The first kappa shape index (κ1) is 21.5. The molecule has 0 aliphatic rings. The van der Waals surface area contributed by atoms with E-state index in [1.54, 1.807) is 26.0 Å². The molecule has 0 unspecified atom stereocenters. The number of nitrogens with one attached hydrogen (secondary N) is 2. The minimum atomic E-state index is -3.87. The summed E-state index contributed by atoms with van der Waals surface area (Å²) >= 11 is 6.06. The van der Waals surface area contributed by atoms with Gasteiger partial charge in [0, 0.05) is 17.1 Å². The van der Waals surface area contributed by atoms with E-state index in [4.69, 9.17) is 11.6 Å². The van der Waals surface area contributed by atoms with E-state index in [-0.39, 0.29) is 15.9 Å². The number of aromatic nitrogens is 2. The molecule has 1 aromatic heterocycles. The van der Waals surface area contributed by atoms with Crippen molar-refractivity contribution in [2.45, 2.75) is 18.7 Å². The summed E-state index contributed by atoms with van der Waals surface area (Å²) in [6.45, 7) is 3.50. The van der Waals surface area contributed by atoms with E-state index in [0.717, 1.165) is 5.56 Å². The highest BCUT2D eigenvalue weighted by Crippen LogP contribution is 2.19. The van der Waals surface area contributed by atoms with Gasteiger partial charge < -0.3 is 5.32 Å². The average molecular weight is 443 g/mol. The van der Waals surface area contributed by atoms with Crippen molar-refractivity contribution >= 4 is 45.2 Å². The molecule has 0 fully saturated rings. The fourth-order valence-corrected chi connectivity index (χ4v) is 3.74. The van der Waals surface area contributed by atoms with E-state index < -0.39 is 15.9 Å². The number of carbonyl (C=O) groups excluding carboxylic acids is 1. The lowest BCUT2D eigenvalue weighted by molar-refractivity contribution is -0.112. The van der Waals surface area contributed by atoms with Gasteiger partial charge in [0.1, 0.15) is 5.03 Å². The molecule has 0 atom stereocenters. The maximum Gasteiger partial charge on any atom is 0.267 e. The minimum absolute atomic E-state index is 0.00251. The zero-order valence-corrected chi connectivity index (χ0v) is 17.8. The zero-order valence-electron chi connectivity index (χ0n) is 16.3. The molecule has 2 aromatic carbocycles. The number of sulfonamides is 1. The summed E-state index contributed by atoms with van der Waals surface area (Å²) in [4.78, 5) is 20.4. The van der Waals surface area contributed by atoms with Crippen LogP contribution in [-0.2, 0) is 14.8 Å². The number of benzene rings is 2. The molecule has 3 rings (SSSR count). The van der Waals surface area contributed by atoms with Gasteiger partial charge in [0.2, 0.25) is 5.95 Å². The molecular weight excluding hydrogens is 424 g/mol. The van der Waals surface area contributed by atoms with Gasteiger partial charge in [-0.25, -0.2) is 23.1 Å². The van der Waals surface area contributed by atoms with E-state index in [2.05, 4.69) is 20.0 Å². The van der Waals surface area contributed by atoms with Gasteiger partial charge in [0.25, 0.3) is 15.9 Å². The maximum absolute atomic E-state index is 12.6. The molecule has 0 bridgehead atoms. The molecule has 0 radical (unpaired) electrons. The van der Waals surface area contributed by atoms with Gasteiger partial charge in [-0.3, -0.25) is 4.79 Å². The largest absolute Gasteiger partial charge is 0.321 e. The Bertz CT molecular complexity index is 1170. The molecule has 2 N–H and O–H groups in total. The van der Waals surface area contributed by atoms with Gasteiger partial charge in [0.15, 0.2) is 0 Å². The Morgan fingerprint density at radius 2 is 1.57 bits per heavy atom. The van der Waals surface area contributed by atoms with Crippen molar-refractivity contribution in [3.63, 3.8) is 0 Å². The van der Waals surface area contributed by atoms with E-state index >= 15 is 0 Å². The van der Waals surface area contributed by atoms with Crippen LogP contribution in [0.1, 0.15) is 17.0 Å². The van der Waals surface area contributed by atoms with Crippen LogP contribution in [0.3, 0.4) is 0 Å². The van der Waals surface area contributed by atoms with Crippen molar-refractivity contribution in [3.8, 4) is 0 Å². The van der Waals surface area contributed by atoms with Crippen molar-refractivity contribution in [1.82, 2.24) is 9.97 Å². The van der Waals surface area contributed by atoms with Crippen molar-refractivity contribution in [3.05, 3.63) is 82.6 Å². The summed E-state index contributed by atoms with van der Waals surface area (Å²) in [6.07, 6.45) is 1.55. The van der Waals surface area contributed by atoms with Crippen LogP contribution in [0.2, 0.25) is 0 Å². The van der Waals surface area contributed by atoms with Crippen LogP contribution in [0, 0.1) is 13.8 Å². The average Bonchev–Trinajstić information content (AvgIpc) is 2.68. The first-order chi connectivity index (χ1) is 14.2. The second-order valence-corrected chi connectivity index (χ2v) is 8.55. The number of amides is 1. The smallest absolute Gasteiger partial charge is 0.267 e. The quantitative estimate of drug-likeness (QED) is 0.559. The Hall–Kier alpha value is -3.23. The summed E-state index contributed by atoms with van der Waals surface area (Å²) in [5.41, 5.74) is 2.50. The van der Waals surface area contributed by atoms with E-state index in [0.29, 0.717) is 17.1 Å². The van der Waals surface area contributed by atoms with Gasteiger partial charge in [-0.2, -0.15) is 0 Å². The molecule has 3 aromatic rings. The van der Waals surface area contributed by atoms with Crippen LogP contribution < -0.4 is 10.0 Å². The maximum atomic E-state index is 12.6. The lowest BCUT2D eigenvalue weighted by Crippen LogP contribution is -2.16. The molecule has 0 aliphatic carbocycles. The molecule has 0 aliphatic heterocycles. The second-order valence-electron chi connectivity index (χ2n) is 6.46. The van der Waals surface area contributed by atoms with Crippen molar-refractivity contribution in [2.75, 3.05) is 10.0 Å². The first-order valence-electron chi connectivity index (χ1n) is 8.92. The normalized spacial score (nSPS) is 11.8. The Kier molecular flexibility index (Phi) is 6.49. The van der Waals surface area contributed by atoms with Gasteiger partial charge in [-0.1, -0.05) is 41.9 Å². The van der Waals surface area contributed by atoms with E-state index in [1.165, 1.54) is 24.3 Å². The van der Waals surface area contributed by atoms with Crippen molar-refractivity contribution < 1.29 is 13.2 Å². The van der Waals surface area contributed by atoms with E-state index in [1.807, 2.05) is 30.3 Å². The fraction of sp³-hybridized carbons (Fsp3) is 0.0952. The zero-order chi connectivity index (χ0) is 21.7. The molecule has 30 heavy (non-hydrogen) atoms. The molecule has 1 amide bonds. The highest BCUT2D eigenvalue weighted by Gasteiger charge is 2.16. The number of halogens is 1. The topological polar surface area (TPSA) is 101 Å². The van der Waals surface area contributed by atoms with Crippen LogP contribution in [0.5, 0.6) is 0 Å². The molecule has 7 nitrogen and oxygen atoms in total. The third-order valence-corrected chi connectivity index (χ3v) is 5.57. The lowest BCUT2D eigenvalue weighted by atomic mass is 10.2. The second kappa shape index (κ2) is 9.06. The molecule has 0 saturated carbocycles. The summed E-state index contributed by atoms with van der Waals surface area (Å²) in [5, 5.41) is 2.63.